The van der Waals surface area contributed by atoms with E-state index in [-0.39, 0.29) is 0 Å². The van der Waals surface area contributed by atoms with Gasteiger partial charge in [0.1, 0.15) is 0 Å². The lowest BCUT2D eigenvalue weighted by molar-refractivity contribution is 0.582. The van der Waals surface area contributed by atoms with Gasteiger partial charge < -0.3 is 4.57 Å². The molecular formula is C55H38N3OP. The van der Waals surface area contributed by atoms with Gasteiger partial charge in [-0.25, -0.2) is 0 Å². The van der Waals surface area contributed by atoms with Gasteiger partial charge in [-0.2, -0.15) is 0 Å². The summed E-state index contributed by atoms with van der Waals surface area (Å²) in [6, 6.07) is 81.4. The van der Waals surface area contributed by atoms with Crippen molar-refractivity contribution in [3.8, 4) is 16.8 Å². The van der Waals surface area contributed by atoms with Crippen LogP contribution >= 0.6 is 7.44 Å². The van der Waals surface area contributed by atoms with E-state index in [1.165, 1.54) is 33.4 Å². The fourth-order valence-electron chi connectivity index (χ4n) is 10.1. The Morgan fingerprint density at radius 2 is 0.833 bits per heavy atom. The number of para-hydroxylation sites is 5. The van der Waals surface area contributed by atoms with Crippen LogP contribution in [0.4, 0.5) is 22.7 Å². The van der Waals surface area contributed by atoms with Crippen LogP contribution in [0.5, 0.6) is 0 Å². The third-order valence-corrected chi connectivity index (χ3v) is 15.5. The molecule has 1 aliphatic carbocycles. The Hall–Kier alpha value is -7.39. The zero-order valence-electron chi connectivity index (χ0n) is 32.6. The fraction of sp³-hybridized carbons (Fsp3) is 0.0182. The molecular weight excluding hydrogens is 750 g/mol. The van der Waals surface area contributed by atoms with E-state index < -0.39 is 12.9 Å². The molecule has 0 spiro atoms. The average Bonchev–Trinajstić information content (AvgIpc) is 3.90. The topological polar surface area (TPSA) is 28.5 Å². The van der Waals surface area contributed by atoms with Crippen LogP contribution in [0.3, 0.4) is 0 Å². The Morgan fingerprint density at radius 3 is 1.40 bits per heavy atom. The highest BCUT2D eigenvalue weighted by Gasteiger charge is 2.50. The second-order valence-corrected chi connectivity index (χ2v) is 18.0. The summed E-state index contributed by atoms with van der Waals surface area (Å²) in [6.07, 6.45) is 0. The predicted octanol–water partition coefficient (Wildman–Crippen LogP) is 14.0. The van der Waals surface area contributed by atoms with E-state index in [9.17, 15) is 0 Å². The molecule has 0 radical (unpaired) electrons. The number of hydrogen-bond acceptors (Lipinski definition) is 1. The highest BCUT2D eigenvalue weighted by Crippen LogP contribution is 2.70. The number of benzene rings is 9. The maximum atomic E-state index is 16.8. The molecule has 4 nitrogen and oxygen atoms in total. The Morgan fingerprint density at radius 1 is 0.367 bits per heavy atom. The molecule has 0 bridgehead atoms. The monoisotopic (exact) mass is 787 g/mol. The average molecular weight is 788 g/mol. The molecule has 0 saturated heterocycles. The van der Waals surface area contributed by atoms with Gasteiger partial charge in [0.2, 0.25) is 0 Å². The van der Waals surface area contributed by atoms with E-state index in [4.69, 9.17) is 0 Å². The van der Waals surface area contributed by atoms with Crippen molar-refractivity contribution in [2.24, 2.45) is 0 Å². The van der Waals surface area contributed by atoms with Crippen LogP contribution in [0.1, 0.15) is 22.3 Å². The zero-order chi connectivity index (χ0) is 39.8. The molecule has 0 unspecified atom stereocenters. The lowest BCUT2D eigenvalue weighted by Crippen LogP contribution is -2.28. The van der Waals surface area contributed by atoms with Gasteiger partial charge in [0.05, 0.1) is 33.1 Å². The van der Waals surface area contributed by atoms with Crippen molar-refractivity contribution >= 4 is 57.3 Å². The van der Waals surface area contributed by atoms with Gasteiger partial charge in [-0.3, -0.25) is 13.9 Å². The smallest absolute Gasteiger partial charge is 0.301 e. The van der Waals surface area contributed by atoms with Gasteiger partial charge in [-0.05, 0) is 112 Å². The first kappa shape index (κ1) is 34.6. The van der Waals surface area contributed by atoms with Crippen LogP contribution in [0, 0.1) is 0 Å². The summed E-state index contributed by atoms with van der Waals surface area (Å²) in [5.74, 6) is 0. The number of rotatable bonds is 6. The molecule has 0 amide bonds. The van der Waals surface area contributed by atoms with E-state index in [2.05, 4.69) is 196 Å². The molecule has 1 aromatic heterocycles. The van der Waals surface area contributed by atoms with E-state index in [0.29, 0.717) is 0 Å². The van der Waals surface area contributed by atoms with Crippen LogP contribution in [-0.2, 0) is 9.98 Å². The van der Waals surface area contributed by atoms with Crippen molar-refractivity contribution in [3.63, 3.8) is 0 Å². The number of hydrogen-bond donors (Lipinski definition) is 0. The molecule has 5 heteroatoms. The van der Waals surface area contributed by atoms with Crippen molar-refractivity contribution < 1.29 is 4.57 Å². The number of fused-ring (bicyclic) bond motifs is 7. The largest absolute Gasteiger partial charge is 0.309 e. The predicted molar refractivity (Wildman–Crippen MR) is 249 cm³/mol. The van der Waals surface area contributed by atoms with Gasteiger partial charge in [0.25, 0.3) is 0 Å². The molecule has 0 atom stereocenters. The Labute approximate surface area is 349 Å². The minimum absolute atomic E-state index is 0.543. The van der Waals surface area contributed by atoms with Gasteiger partial charge in [-0.15, -0.1) is 0 Å². The van der Waals surface area contributed by atoms with Gasteiger partial charge in [-0.1, -0.05) is 152 Å². The van der Waals surface area contributed by atoms with Gasteiger partial charge in [0, 0.05) is 27.8 Å². The number of aromatic nitrogens is 1. The van der Waals surface area contributed by atoms with E-state index >= 15 is 4.57 Å². The number of nitrogens with zero attached hydrogens (tertiary/aromatic N) is 3. The molecule has 284 valence electrons. The quantitative estimate of drug-likeness (QED) is 0.157. The van der Waals surface area contributed by atoms with E-state index in [0.717, 1.165) is 55.5 Å². The molecule has 0 N–H and O–H groups in total. The minimum atomic E-state index is -3.63. The second kappa shape index (κ2) is 13.3. The maximum Gasteiger partial charge on any atom is 0.301 e. The second-order valence-electron chi connectivity index (χ2n) is 15.6. The Kier molecular flexibility index (Phi) is 7.69. The summed E-state index contributed by atoms with van der Waals surface area (Å²) in [7, 11) is -3.63. The summed E-state index contributed by atoms with van der Waals surface area (Å²) < 4.78 is 23.3. The Bertz CT molecular complexity index is 3180. The first-order valence-corrected chi connectivity index (χ1v) is 22.1. The lowest BCUT2D eigenvalue weighted by atomic mass is 9.67. The van der Waals surface area contributed by atoms with Crippen LogP contribution in [0.25, 0.3) is 38.6 Å². The molecule has 2 aliphatic rings. The normalized spacial score (nSPS) is 14.6. The van der Waals surface area contributed by atoms with Gasteiger partial charge in [0.15, 0.2) is 0 Å². The van der Waals surface area contributed by atoms with Crippen LogP contribution in [-0.4, -0.2) is 4.57 Å². The molecule has 60 heavy (non-hydrogen) atoms. The lowest BCUT2D eigenvalue weighted by Gasteiger charge is -2.34. The fourth-order valence-corrected chi connectivity index (χ4v) is 13.2. The molecule has 0 saturated carbocycles. The van der Waals surface area contributed by atoms with Crippen LogP contribution in [0.2, 0.25) is 0 Å². The van der Waals surface area contributed by atoms with Crippen molar-refractivity contribution in [1.82, 2.24) is 4.57 Å². The molecule has 10 aromatic rings. The first-order chi connectivity index (χ1) is 29.7. The molecule has 2 heterocycles. The molecule has 0 fully saturated rings. The van der Waals surface area contributed by atoms with Gasteiger partial charge >= 0.3 is 7.44 Å². The maximum absolute atomic E-state index is 16.8. The van der Waals surface area contributed by atoms with Crippen LogP contribution in [0.15, 0.2) is 231 Å². The van der Waals surface area contributed by atoms with Crippen LogP contribution < -0.4 is 14.6 Å². The van der Waals surface area contributed by atoms with E-state index in [1.807, 2.05) is 48.5 Å². The standard InChI is InChI=1S/C55H38N3OP/c59-60(57(42-26-12-4-13-27-42)52-32-18-19-33-53(52)58(60)43-28-14-5-15-29-43)44-34-35-51-47(36-44)48-37-46-45-30-16-17-31-49(45)55(39-20-6-1-7-21-39,40-22-8-2-9-23-40)50(46)38-54(48)56(51)41-24-10-3-11-25-41/h1-38H. The summed E-state index contributed by atoms with van der Waals surface area (Å²) >= 11 is 0. The number of anilines is 4. The van der Waals surface area contributed by atoms with E-state index in [1.54, 1.807) is 0 Å². The minimum Gasteiger partial charge on any atom is -0.309 e. The highest BCUT2D eigenvalue weighted by molar-refractivity contribution is 7.76. The summed E-state index contributed by atoms with van der Waals surface area (Å²) in [6.45, 7) is 0. The van der Waals surface area contributed by atoms with Crippen molar-refractivity contribution in [2.75, 3.05) is 9.34 Å². The van der Waals surface area contributed by atoms with Crippen molar-refractivity contribution in [3.05, 3.63) is 253 Å². The Balaban J connectivity index is 1.19. The van der Waals surface area contributed by atoms with Crippen molar-refractivity contribution in [2.45, 2.75) is 5.41 Å². The third kappa shape index (κ3) is 4.77. The molecule has 12 rings (SSSR count). The molecule has 1 aliphatic heterocycles. The first-order valence-electron chi connectivity index (χ1n) is 20.5. The highest BCUT2D eigenvalue weighted by atomic mass is 31.2. The summed E-state index contributed by atoms with van der Waals surface area (Å²) in [5, 5.41) is 2.92. The third-order valence-electron chi connectivity index (χ3n) is 12.6. The summed E-state index contributed by atoms with van der Waals surface area (Å²) in [4.78, 5) is 0. The van der Waals surface area contributed by atoms with Crippen molar-refractivity contribution in [1.29, 1.82) is 0 Å². The zero-order valence-corrected chi connectivity index (χ0v) is 33.5. The summed E-state index contributed by atoms with van der Waals surface area (Å²) in [5.41, 5.74) is 13.7. The molecule has 9 aromatic carbocycles. The SMILES string of the molecule is O=P1(c2ccc3c(c2)c2cc4c(cc2n3-c2ccccc2)C(c2ccccc2)(c2ccccc2)c2ccccc2-4)N(c2ccccc2)c2ccccc2N1c1ccccc1.